The number of hydrogen-bond acceptors (Lipinski definition) is 5. The number of anilines is 1. The average Bonchev–Trinajstić information content (AvgIpc) is 2.82. The van der Waals surface area contributed by atoms with Crippen molar-refractivity contribution in [2.45, 2.75) is 24.9 Å². The molecule has 6 heteroatoms. The Balaban J connectivity index is 1.99. The van der Waals surface area contributed by atoms with Gasteiger partial charge in [0.2, 0.25) is 5.82 Å². The zero-order chi connectivity index (χ0) is 13.5. The van der Waals surface area contributed by atoms with E-state index in [2.05, 4.69) is 10.1 Å². The number of rotatable bonds is 3. The topological polar surface area (TPSA) is 74.2 Å². The second-order valence-electron chi connectivity index (χ2n) is 4.68. The van der Waals surface area contributed by atoms with Crippen LogP contribution < -0.4 is 5.73 Å². The van der Waals surface area contributed by atoms with Crippen LogP contribution in [0, 0.1) is 0 Å². The molecule has 1 fully saturated rings. The molecule has 0 aliphatic heterocycles. The van der Waals surface area contributed by atoms with Crippen LogP contribution in [-0.2, 0) is 10.3 Å². The summed E-state index contributed by atoms with van der Waals surface area (Å²) in [6.07, 6.45) is 2.93. The van der Waals surface area contributed by atoms with Crippen molar-refractivity contribution in [2.75, 3.05) is 12.8 Å². The lowest BCUT2D eigenvalue weighted by Crippen LogP contribution is -2.37. The van der Waals surface area contributed by atoms with Gasteiger partial charge < -0.3 is 15.0 Å². The number of ether oxygens (including phenoxy) is 1. The maximum atomic E-state index is 5.99. The van der Waals surface area contributed by atoms with Crippen LogP contribution in [0.2, 0.25) is 5.02 Å². The Morgan fingerprint density at radius 1 is 1.42 bits per heavy atom. The third-order valence-electron chi connectivity index (χ3n) is 3.67. The molecule has 0 unspecified atom stereocenters. The van der Waals surface area contributed by atoms with Crippen molar-refractivity contribution in [1.29, 1.82) is 0 Å². The van der Waals surface area contributed by atoms with Gasteiger partial charge in [-0.15, -0.1) is 0 Å². The first-order chi connectivity index (χ1) is 9.16. The normalized spacial score (nSPS) is 17.2. The van der Waals surface area contributed by atoms with E-state index in [1.165, 1.54) is 0 Å². The van der Waals surface area contributed by atoms with Gasteiger partial charge >= 0.3 is 0 Å². The van der Waals surface area contributed by atoms with Crippen LogP contribution >= 0.6 is 11.6 Å². The summed E-state index contributed by atoms with van der Waals surface area (Å²) in [7, 11) is 1.67. The zero-order valence-electron chi connectivity index (χ0n) is 10.5. The molecule has 2 aromatic rings. The van der Waals surface area contributed by atoms with E-state index in [0.717, 1.165) is 19.3 Å². The van der Waals surface area contributed by atoms with Crippen molar-refractivity contribution in [3.8, 4) is 11.5 Å². The molecule has 0 saturated heterocycles. The van der Waals surface area contributed by atoms with Gasteiger partial charge in [0.1, 0.15) is 5.60 Å². The molecule has 0 radical (unpaired) electrons. The molecule has 0 spiro atoms. The Hall–Kier alpha value is -1.59. The highest BCUT2D eigenvalue weighted by atomic mass is 35.5. The number of nitrogens with zero attached hydrogens (tertiary/aromatic N) is 2. The number of para-hydroxylation sites is 1. The van der Waals surface area contributed by atoms with Crippen LogP contribution in [0.5, 0.6) is 0 Å². The molecule has 2 N–H and O–H groups in total. The Morgan fingerprint density at radius 3 is 2.84 bits per heavy atom. The molecule has 0 bridgehead atoms. The first-order valence-corrected chi connectivity index (χ1v) is 6.48. The standard InChI is InChI=1S/C13H14ClN3O2/c1-18-13(6-3-7-13)12-16-11(19-17-12)8-4-2-5-9(14)10(8)15/h2,4-5H,3,6-7,15H2,1H3. The monoisotopic (exact) mass is 279 g/mol. The predicted molar refractivity (Wildman–Crippen MR) is 71.7 cm³/mol. The third kappa shape index (κ3) is 1.89. The lowest BCUT2D eigenvalue weighted by atomic mass is 9.79. The molecule has 5 nitrogen and oxygen atoms in total. The second kappa shape index (κ2) is 4.51. The highest BCUT2D eigenvalue weighted by Crippen LogP contribution is 2.43. The average molecular weight is 280 g/mol. The van der Waals surface area contributed by atoms with Crippen molar-refractivity contribution in [2.24, 2.45) is 0 Å². The molecule has 1 aliphatic rings. The summed E-state index contributed by atoms with van der Waals surface area (Å²) in [6, 6.07) is 5.33. The summed E-state index contributed by atoms with van der Waals surface area (Å²) in [4.78, 5) is 4.41. The largest absolute Gasteiger partial charge is 0.397 e. The van der Waals surface area contributed by atoms with Gasteiger partial charge in [-0.05, 0) is 31.4 Å². The maximum Gasteiger partial charge on any atom is 0.260 e. The lowest BCUT2D eigenvalue weighted by Gasteiger charge is -2.37. The van der Waals surface area contributed by atoms with Crippen LogP contribution in [0.1, 0.15) is 25.1 Å². The van der Waals surface area contributed by atoms with Crippen LogP contribution in [0.25, 0.3) is 11.5 Å². The predicted octanol–water partition coefficient (Wildman–Crippen LogP) is 3.00. The van der Waals surface area contributed by atoms with Gasteiger partial charge in [0, 0.05) is 7.11 Å². The van der Waals surface area contributed by atoms with E-state index < -0.39 is 5.60 Å². The smallest absolute Gasteiger partial charge is 0.260 e. The molecule has 19 heavy (non-hydrogen) atoms. The minimum Gasteiger partial charge on any atom is -0.397 e. The fraction of sp³-hybridized carbons (Fsp3) is 0.385. The molecule has 1 heterocycles. The number of hydrogen-bond donors (Lipinski definition) is 1. The molecule has 3 rings (SSSR count). The Labute approximate surface area is 115 Å². The van der Waals surface area contributed by atoms with E-state index >= 15 is 0 Å². The number of nitrogen functional groups attached to an aromatic ring is 1. The number of benzene rings is 1. The van der Waals surface area contributed by atoms with Crippen molar-refractivity contribution < 1.29 is 9.26 Å². The minimum atomic E-state index is -0.394. The van der Waals surface area contributed by atoms with Crippen LogP contribution in [0.3, 0.4) is 0 Å². The molecule has 1 aliphatic carbocycles. The van der Waals surface area contributed by atoms with Gasteiger partial charge in [-0.1, -0.05) is 22.8 Å². The first kappa shape index (κ1) is 12.4. The summed E-state index contributed by atoms with van der Waals surface area (Å²) >= 11 is 5.99. The van der Waals surface area contributed by atoms with Crippen molar-refractivity contribution in [1.82, 2.24) is 10.1 Å². The molecule has 0 amide bonds. The molecule has 1 aromatic carbocycles. The Bertz CT molecular complexity index is 602. The molecular weight excluding hydrogens is 266 g/mol. The van der Waals surface area contributed by atoms with Crippen molar-refractivity contribution in [3.05, 3.63) is 29.0 Å². The quantitative estimate of drug-likeness (QED) is 0.874. The van der Waals surface area contributed by atoms with E-state index in [1.807, 2.05) is 0 Å². The Kier molecular flexibility index (Phi) is 2.95. The SMILES string of the molecule is COC1(c2noc(-c3cccc(Cl)c3N)n2)CCC1. The third-order valence-corrected chi connectivity index (χ3v) is 4.00. The minimum absolute atomic E-state index is 0.373. The molecule has 100 valence electrons. The highest BCUT2D eigenvalue weighted by Gasteiger charge is 2.43. The second-order valence-corrected chi connectivity index (χ2v) is 5.08. The van der Waals surface area contributed by atoms with Crippen molar-refractivity contribution >= 4 is 17.3 Å². The lowest BCUT2D eigenvalue weighted by molar-refractivity contribution is -0.0858. The van der Waals surface area contributed by atoms with Gasteiger partial charge in [0.25, 0.3) is 5.89 Å². The van der Waals surface area contributed by atoms with Gasteiger partial charge in [-0.3, -0.25) is 0 Å². The fourth-order valence-corrected chi connectivity index (χ4v) is 2.43. The van der Waals surface area contributed by atoms with Gasteiger partial charge in [0.15, 0.2) is 0 Å². The van der Waals surface area contributed by atoms with Crippen LogP contribution in [0.4, 0.5) is 5.69 Å². The van der Waals surface area contributed by atoms with Crippen LogP contribution in [0.15, 0.2) is 22.7 Å². The fourth-order valence-electron chi connectivity index (χ4n) is 2.26. The van der Waals surface area contributed by atoms with E-state index in [-0.39, 0.29) is 0 Å². The van der Waals surface area contributed by atoms with Crippen LogP contribution in [-0.4, -0.2) is 17.3 Å². The van der Waals surface area contributed by atoms with Gasteiger partial charge in [0.05, 0.1) is 16.3 Å². The highest BCUT2D eigenvalue weighted by molar-refractivity contribution is 6.33. The van der Waals surface area contributed by atoms with Gasteiger partial charge in [-0.25, -0.2) is 0 Å². The number of nitrogens with two attached hydrogens (primary N) is 1. The molecule has 1 aromatic heterocycles. The number of aromatic nitrogens is 2. The van der Waals surface area contributed by atoms with E-state index in [1.54, 1.807) is 25.3 Å². The van der Waals surface area contributed by atoms with Gasteiger partial charge in [-0.2, -0.15) is 4.98 Å². The first-order valence-electron chi connectivity index (χ1n) is 6.10. The van der Waals surface area contributed by atoms with E-state index in [9.17, 15) is 0 Å². The summed E-state index contributed by atoms with van der Waals surface area (Å²) in [6.45, 7) is 0. The van der Waals surface area contributed by atoms with E-state index in [4.69, 9.17) is 26.6 Å². The van der Waals surface area contributed by atoms with Crippen molar-refractivity contribution in [3.63, 3.8) is 0 Å². The summed E-state index contributed by atoms with van der Waals surface area (Å²) in [5.41, 5.74) is 6.62. The zero-order valence-corrected chi connectivity index (χ0v) is 11.3. The number of halogens is 1. The molecule has 1 saturated carbocycles. The number of methoxy groups -OCH3 is 1. The van der Waals surface area contributed by atoms with E-state index in [0.29, 0.717) is 28.0 Å². The Morgan fingerprint density at radius 2 is 2.21 bits per heavy atom. The maximum absolute atomic E-state index is 5.99. The summed E-state index contributed by atoms with van der Waals surface area (Å²) < 4.78 is 10.8. The summed E-state index contributed by atoms with van der Waals surface area (Å²) in [5, 5.41) is 4.49. The summed E-state index contributed by atoms with van der Waals surface area (Å²) in [5.74, 6) is 0.953. The molecule has 0 atom stereocenters. The molecular formula is C13H14ClN3O2.